The van der Waals surface area contributed by atoms with Gasteiger partial charge in [-0.25, -0.2) is 13.2 Å². The molecule has 1 aromatic heterocycles. The van der Waals surface area contributed by atoms with E-state index in [1.807, 2.05) is 18.7 Å². The predicted molar refractivity (Wildman–Crippen MR) is 163 cm³/mol. The first-order valence-corrected chi connectivity index (χ1v) is 17.1. The van der Waals surface area contributed by atoms with Crippen LogP contribution in [0.1, 0.15) is 84.5 Å². The molecule has 4 rings (SSSR count). The van der Waals surface area contributed by atoms with Gasteiger partial charge in [-0.1, -0.05) is 20.8 Å². The van der Waals surface area contributed by atoms with Gasteiger partial charge in [0.25, 0.3) is 11.8 Å². The van der Waals surface area contributed by atoms with Crippen LogP contribution >= 0.6 is 11.3 Å². The van der Waals surface area contributed by atoms with E-state index >= 15 is 0 Å². The summed E-state index contributed by atoms with van der Waals surface area (Å²) in [5.41, 5.74) is 1.63. The fraction of sp³-hybridized carbons (Fsp3) is 0.567. The molecule has 1 saturated heterocycles. The number of piperidine rings is 1. The van der Waals surface area contributed by atoms with Crippen LogP contribution in [0.5, 0.6) is 0 Å². The van der Waals surface area contributed by atoms with E-state index in [-0.39, 0.29) is 23.0 Å². The number of fused-ring (bicyclic) bond motifs is 1. The maximum atomic E-state index is 13.8. The molecule has 0 spiro atoms. The van der Waals surface area contributed by atoms with Crippen LogP contribution in [0.15, 0.2) is 29.2 Å². The molecule has 12 heteroatoms. The van der Waals surface area contributed by atoms with E-state index in [9.17, 15) is 22.8 Å². The van der Waals surface area contributed by atoms with Gasteiger partial charge in [-0.05, 0) is 74.8 Å². The van der Waals surface area contributed by atoms with Crippen LogP contribution in [-0.4, -0.2) is 79.8 Å². The minimum absolute atomic E-state index is 0.131. The molecule has 0 atom stereocenters. The van der Waals surface area contributed by atoms with Crippen LogP contribution in [-0.2, 0) is 27.7 Å². The molecule has 0 bridgehead atoms. The second-order valence-electron chi connectivity index (χ2n) is 10.9. The number of benzene rings is 1. The Morgan fingerprint density at radius 2 is 1.67 bits per heavy atom. The molecule has 2 aliphatic heterocycles. The monoisotopic (exact) mass is 618 g/mol. The lowest BCUT2D eigenvalue weighted by molar-refractivity contribution is 0.0755. The Hall–Kier alpha value is -2.96. The summed E-state index contributed by atoms with van der Waals surface area (Å²) in [5, 5.41) is 3.38. The van der Waals surface area contributed by atoms with Gasteiger partial charge in [0.1, 0.15) is 5.00 Å². The van der Waals surface area contributed by atoms with Crippen molar-refractivity contribution in [3.05, 3.63) is 45.8 Å². The number of anilines is 1. The van der Waals surface area contributed by atoms with Crippen LogP contribution < -0.4 is 5.32 Å². The number of hydrogen-bond donors (Lipinski definition) is 1. The van der Waals surface area contributed by atoms with E-state index in [1.165, 1.54) is 39.9 Å². The normalized spacial score (nSPS) is 16.1. The molecule has 10 nitrogen and oxygen atoms in total. The van der Waals surface area contributed by atoms with Crippen molar-refractivity contribution in [2.24, 2.45) is 5.92 Å². The number of ether oxygens (including phenoxy) is 1. The van der Waals surface area contributed by atoms with Gasteiger partial charge in [-0.15, -0.1) is 11.3 Å². The molecule has 3 amide bonds. The molecule has 1 N–H and O–H groups in total. The summed E-state index contributed by atoms with van der Waals surface area (Å²) in [6, 6.07) is 5.95. The topological polar surface area (TPSA) is 116 Å². The van der Waals surface area contributed by atoms with Gasteiger partial charge < -0.3 is 19.9 Å². The van der Waals surface area contributed by atoms with Crippen molar-refractivity contribution in [2.45, 2.75) is 71.2 Å². The smallest absolute Gasteiger partial charge is 0.410 e. The Kier molecular flexibility index (Phi) is 10.7. The molecular formula is C30H42N4O6S2. The van der Waals surface area contributed by atoms with Crippen LogP contribution in [0.2, 0.25) is 0 Å². The molecule has 0 saturated carbocycles. The summed E-state index contributed by atoms with van der Waals surface area (Å²) in [6.45, 7) is 11.1. The quantitative estimate of drug-likeness (QED) is 0.392. The number of nitrogens with zero attached hydrogens (tertiary/aromatic N) is 3. The zero-order valence-corrected chi connectivity index (χ0v) is 26.6. The highest BCUT2D eigenvalue weighted by atomic mass is 32.2. The minimum atomic E-state index is -3.63. The van der Waals surface area contributed by atoms with Crippen LogP contribution in [0.3, 0.4) is 0 Å². The Morgan fingerprint density at radius 3 is 2.26 bits per heavy atom. The van der Waals surface area contributed by atoms with Crippen molar-refractivity contribution in [2.75, 3.05) is 44.6 Å². The first-order valence-electron chi connectivity index (χ1n) is 14.9. The third-order valence-corrected chi connectivity index (χ3v) is 10.8. The van der Waals surface area contributed by atoms with E-state index in [0.29, 0.717) is 62.2 Å². The van der Waals surface area contributed by atoms with E-state index in [2.05, 4.69) is 12.2 Å². The van der Waals surface area contributed by atoms with Crippen molar-refractivity contribution < 1.29 is 27.5 Å². The second kappa shape index (κ2) is 14.0. The molecule has 3 heterocycles. The molecule has 0 aliphatic carbocycles. The van der Waals surface area contributed by atoms with E-state index in [0.717, 1.165) is 36.1 Å². The Morgan fingerprint density at radius 1 is 1.02 bits per heavy atom. The lowest BCUT2D eigenvalue weighted by Gasteiger charge is -2.29. The summed E-state index contributed by atoms with van der Waals surface area (Å²) < 4.78 is 33.0. The van der Waals surface area contributed by atoms with Crippen LogP contribution in [0, 0.1) is 5.92 Å². The number of rotatable bonds is 10. The number of hydrogen-bond acceptors (Lipinski definition) is 7. The van der Waals surface area contributed by atoms with E-state index < -0.39 is 22.0 Å². The molecule has 1 fully saturated rings. The van der Waals surface area contributed by atoms with Crippen molar-refractivity contribution in [3.8, 4) is 0 Å². The number of sulfonamides is 1. The molecule has 0 unspecified atom stereocenters. The van der Waals surface area contributed by atoms with Gasteiger partial charge in [0.05, 0.1) is 23.6 Å². The standard InChI is InChI=1S/C30H42N4O6S2/c1-5-15-32(16-6-2)29(36)26-24-14-17-33(30(37)40-7-3)20-25(24)41-28(26)31-27(35)22-8-10-23(11-9-22)42(38,39)34-18-12-21(4)13-19-34/h8-11,21H,5-7,12-20H2,1-4H3,(H,31,35). The average molecular weight is 619 g/mol. The molecule has 230 valence electrons. The van der Waals surface area contributed by atoms with E-state index in [4.69, 9.17) is 4.74 Å². The number of carbonyl (C=O) groups is 3. The number of nitrogens with one attached hydrogen (secondary N) is 1. The molecule has 42 heavy (non-hydrogen) atoms. The van der Waals surface area contributed by atoms with Gasteiger partial charge in [0.15, 0.2) is 0 Å². The maximum Gasteiger partial charge on any atom is 0.410 e. The SMILES string of the molecule is CCCN(CCC)C(=O)c1c(NC(=O)c2ccc(S(=O)(=O)N3CCC(C)CC3)cc2)sc2c1CCN(C(=O)OCC)C2. The van der Waals surface area contributed by atoms with Gasteiger partial charge >= 0.3 is 6.09 Å². The van der Waals surface area contributed by atoms with E-state index in [1.54, 1.807) is 11.8 Å². The van der Waals surface area contributed by atoms with Gasteiger partial charge in [0, 0.05) is 43.2 Å². The first kappa shape index (κ1) is 32.0. The molecule has 2 aliphatic rings. The highest BCUT2D eigenvalue weighted by Crippen LogP contribution is 2.38. The molecule has 2 aromatic rings. The summed E-state index contributed by atoms with van der Waals surface area (Å²) in [6.07, 6.45) is 3.36. The zero-order chi connectivity index (χ0) is 30.4. The molecular weight excluding hydrogens is 576 g/mol. The lowest BCUT2D eigenvalue weighted by atomic mass is 10.0. The van der Waals surface area contributed by atoms with Crippen LogP contribution in [0.4, 0.5) is 9.80 Å². The number of amides is 3. The van der Waals surface area contributed by atoms with Gasteiger partial charge in [-0.3, -0.25) is 9.59 Å². The fourth-order valence-electron chi connectivity index (χ4n) is 5.43. The maximum absolute atomic E-state index is 13.8. The minimum Gasteiger partial charge on any atom is -0.450 e. The highest BCUT2D eigenvalue weighted by Gasteiger charge is 2.33. The highest BCUT2D eigenvalue weighted by molar-refractivity contribution is 7.89. The zero-order valence-electron chi connectivity index (χ0n) is 25.0. The largest absolute Gasteiger partial charge is 0.450 e. The Bertz CT molecular complexity index is 1380. The third-order valence-electron chi connectivity index (χ3n) is 7.79. The second-order valence-corrected chi connectivity index (χ2v) is 14.0. The molecule has 0 radical (unpaired) electrons. The van der Waals surface area contributed by atoms with Gasteiger partial charge in [0.2, 0.25) is 10.0 Å². The summed E-state index contributed by atoms with van der Waals surface area (Å²) >= 11 is 1.30. The van der Waals surface area contributed by atoms with Crippen molar-refractivity contribution >= 4 is 44.3 Å². The third kappa shape index (κ3) is 6.98. The number of thiophene rings is 1. The number of carbonyl (C=O) groups excluding carboxylic acids is 3. The van der Waals surface area contributed by atoms with Crippen molar-refractivity contribution in [1.82, 2.24) is 14.1 Å². The first-order chi connectivity index (χ1) is 20.1. The average Bonchev–Trinajstić information content (AvgIpc) is 3.34. The lowest BCUT2D eigenvalue weighted by Crippen LogP contribution is -2.37. The van der Waals surface area contributed by atoms with Crippen molar-refractivity contribution in [1.29, 1.82) is 0 Å². The van der Waals surface area contributed by atoms with Crippen LogP contribution in [0.25, 0.3) is 0 Å². The Labute approximate surface area is 253 Å². The van der Waals surface area contributed by atoms with Gasteiger partial charge in [-0.2, -0.15) is 4.31 Å². The predicted octanol–water partition coefficient (Wildman–Crippen LogP) is 5.20. The summed E-state index contributed by atoms with van der Waals surface area (Å²) in [5.74, 6) is -0.0574. The fourth-order valence-corrected chi connectivity index (χ4v) is 8.15. The summed E-state index contributed by atoms with van der Waals surface area (Å²) in [4.78, 5) is 44.1. The Balaban J connectivity index is 1.59. The van der Waals surface area contributed by atoms with Crippen molar-refractivity contribution in [3.63, 3.8) is 0 Å². The summed E-state index contributed by atoms with van der Waals surface area (Å²) in [7, 11) is -3.63. The molecule has 1 aromatic carbocycles.